The Morgan fingerprint density at radius 1 is 0.975 bits per heavy atom. The molecule has 3 aromatic carbocycles. The summed E-state index contributed by atoms with van der Waals surface area (Å²) in [6, 6.07) is 11.8. The van der Waals surface area contributed by atoms with E-state index in [1.165, 1.54) is 24.3 Å². The predicted octanol–water partition coefficient (Wildman–Crippen LogP) is 5.96. The molecule has 40 heavy (non-hydrogen) atoms. The zero-order valence-electron chi connectivity index (χ0n) is 22.6. The van der Waals surface area contributed by atoms with E-state index in [1.54, 1.807) is 0 Å². The molecule has 1 aliphatic rings. The number of benzene rings is 3. The number of hydrogen-bond donors (Lipinski definition) is 1. The highest BCUT2D eigenvalue weighted by atomic mass is 19.1. The van der Waals surface area contributed by atoms with Gasteiger partial charge in [-0.1, -0.05) is 32.0 Å². The molecule has 0 saturated heterocycles. The number of nitrogens with zero attached hydrogens (tertiary/aromatic N) is 2. The van der Waals surface area contributed by atoms with E-state index in [1.807, 2.05) is 54.8 Å². The van der Waals surface area contributed by atoms with Gasteiger partial charge in [0.25, 0.3) is 0 Å². The first-order chi connectivity index (χ1) is 19.1. The second kappa shape index (κ2) is 11.3. The van der Waals surface area contributed by atoms with Gasteiger partial charge in [0.2, 0.25) is 5.91 Å². The number of halogens is 4. The van der Waals surface area contributed by atoms with Gasteiger partial charge in [0, 0.05) is 47.6 Å². The fraction of sp³-hybridized carbons (Fsp3) is 0.323. The van der Waals surface area contributed by atoms with Crippen molar-refractivity contribution < 1.29 is 27.1 Å². The predicted molar refractivity (Wildman–Crippen MR) is 146 cm³/mol. The van der Waals surface area contributed by atoms with Crippen LogP contribution in [0, 0.1) is 29.2 Å². The van der Waals surface area contributed by atoms with Crippen molar-refractivity contribution in [2.75, 3.05) is 18.6 Å². The van der Waals surface area contributed by atoms with Crippen molar-refractivity contribution in [1.29, 1.82) is 0 Å². The van der Waals surface area contributed by atoms with Crippen LogP contribution in [0.3, 0.4) is 0 Å². The summed E-state index contributed by atoms with van der Waals surface area (Å²) in [6.45, 7) is 4.16. The second-order valence-corrected chi connectivity index (χ2v) is 10.6. The van der Waals surface area contributed by atoms with Crippen LogP contribution in [0.5, 0.6) is 0 Å². The lowest BCUT2D eigenvalue weighted by molar-refractivity contribution is -0.124. The van der Waals surface area contributed by atoms with Crippen LogP contribution in [-0.2, 0) is 29.1 Å². The molecule has 0 unspecified atom stereocenters. The molecule has 5 rings (SSSR count). The van der Waals surface area contributed by atoms with Gasteiger partial charge in [0.05, 0.1) is 31.3 Å². The molecule has 4 aromatic rings. The van der Waals surface area contributed by atoms with Gasteiger partial charge in [-0.05, 0) is 42.2 Å². The molecule has 0 bridgehead atoms. The maximum atomic E-state index is 14.6. The average Bonchev–Trinajstić information content (AvgIpc) is 3.24. The van der Waals surface area contributed by atoms with Gasteiger partial charge in [-0.25, -0.2) is 17.6 Å². The standard InChI is InChI=1S/C31H31F4N3O2/c1-18(2)30-31(39)36-24(17-40-16-20-8-10-23(33)13-26(20)35)11-21-15-38(14-19-7-9-22(32)12-25(19)34)28-6-4-5-27(29(21)28)37(30)3/h4-10,12-13,15,18,24,30H,11,14,16-17H2,1-3H3,(H,36,39)/t24-,30-/m0/s1. The summed E-state index contributed by atoms with van der Waals surface area (Å²) in [5.74, 6) is -2.79. The lowest BCUT2D eigenvalue weighted by Crippen LogP contribution is -2.52. The molecule has 2 heterocycles. The minimum absolute atomic E-state index is 0.0212. The lowest BCUT2D eigenvalue weighted by atomic mass is 10.0. The van der Waals surface area contributed by atoms with E-state index in [0.29, 0.717) is 12.0 Å². The molecule has 0 spiro atoms. The number of nitrogens with one attached hydrogen (secondary N) is 1. The molecule has 0 radical (unpaired) electrons. The van der Waals surface area contributed by atoms with Crippen LogP contribution in [0.15, 0.2) is 60.8 Å². The summed E-state index contributed by atoms with van der Waals surface area (Å²) in [5, 5.41) is 4.05. The Hall–Kier alpha value is -3.85. The van der Waals surface area contributed by atoms with Crippen molar-refractivity contribution in [1.82, 2.24) is 9.88 Å². The first-order valence-corrected chi connectivity index (χ1v) is 13.2. The van der Waals surface area contributed by atoms with E-state index >= 15 is 0 Å². The maximum Gasteiger partial charge on any atom is 0.243 e. The molecule has 1 amide bonds. The normalized spacial score (nSPS) is 17.6. The molecule has 0 fully saturated rings. The van der Waals surface area contributed by atoms with Gasteiger partial charge in [-0.15, -0.1) is 0 Å². The van der Waals surface area contributed by atoms with Crippen LogP contribution in [0.2, 0.25) is 0 Å². The van der Waals surface area contributed by atoms with Crippen LogP contribution in [0.4, 0.5) is 23.2 Å². The largest absolute Gasteiger partial charge is 0.375 e. The van der Waals surface area contributed by atoms with Crippen molar-refractivity contribution in [3.63, 3.8) is 0 Å². The number of anilines is 1. The number of carbonyl (C=O) groups is 1. The molecule has 0 aliphatic carbocycles. The van der Waals surface area contributed by atoms with Crippen LogP contribution >= 0.6 is 0 Å². The van der Waals surface area contributed by atoms with Gasteiger partial charge in [-0.2, -0.15) is 0 Å². The van der Waals surface area contributed by atoms with Crippen molar-refractivity contribution in [3.8, 4) is 0 Å². The van der Waals surface area contributed by atoms with Gasteiger partial charge in [0.1, 0.15) is 29.3 Å². The minimum atomic E-state index is -0.694. The monoisotopic (exact) mass is 553 g/mol. The third kappa shape index (κ3) is 5.56. The average molecular weight is 554 g/mol. The van der Waals surface area contributed by atoms with Gasteiger partial charge >= 0.3 is 0 Å². The number of carbonyl (C=O) groups excluding carboxylic acids is 1. The van der Waals surface area contributed by atoms with Crippen LogP contribution in [0.25, 0.3) is 10.9 Å². The van der Waals surface area contributed by atoms with E-state index in [-0.39, 0.29) is 37.1 Å². The number of amides is 1. The first kappa shape index (κ1) is 27.7. The SMILES string of the molecule is CC(C)[C@H]1C(=O)N[C@H](COCc2ccc(F)cc2F)Cc2cn(Cc3ccc(F)cc3F)c3cccc(c23)N1C. The van der Waals surface area contributed by atoms with Crippen LogP contribution in [-0.4, -0.2) is 36.2 Å². The van der Waals surface area contributed by atoms with E-state index in [4.69, 9.17) is 4.74 Å². The highest BCUT2D eigenvalue weighted by molar-refractivity contribution is 5.98. The van der Waals surface area contributed by atoms with Gasteiger partial charge < -0.3 is 19.5 Å². The highest BCUT2D eigenvalue weighted by Gasteiger charge is 2.32. The van der Waals surface area contributed by atoms with Crippen molar-refractivity contribution in [2.45, 2.75) is 45.5 Å². The topological polar surface area (TPSA) is 46.5 Å². The Morgan fingerprint density at radius 3 is 2.30 bits per heavy atom. The maximum absolute atomic E-state index is 14.6. The molecule has 1 N–H and O–H groups in total. The van der Waals surface area contributed by atoms with Crippen molar-refractivity contribution >= 4 is 22.5 Å². The number of aromatic nitrogens is 1. The molecule has 210 valence electrons. The smallest absolute Gasteiger partial charge is 0.243 e. The molecular weight excluding hydrogens is 522 g/mol. The van der Waals surface area contributed by atoms with Crippen LogP contribution in [0.1, 0.15) is 30.5 Å². The van der Waals surface area contributed by atoms with Crippen molar-refractivity contribution in [3.05, 3.63) is 101 Å². The summed E-state index contributed by atoms with van der Waals surface area (Å²) >= 11 is 0. The first-order valence-electron chi connectivity index (χ1n) is 13.2. The molecule has 1 aromatic heterocycles. The van der Waals surface area contributed by atoms with E-state index in [2.05, 4.69) is 5.32 Å². The number of ether oxygens (including phenoxy) is 1. The fourth-order valence-corrected chi connectivity index (χ4v) is 5.56. The molecule has 0 saturated carbocycles. The summed E-state index contributed by atoms with van der Waals surface area (Å²) in [4.78, 5) is 15.4. The van der Waals surface area contributed by atoms with E-state index < -0.39 is 35.4 Å². The summed E-state index contributed by atoms with van der Waals surface area (Å²) in [5.41, 5.74) is 3.22. The summed E-state index contributed by atoms with van der Waals surface area (Å²) < 4.78 is 63.3. The van der Waals surface area contributed by atoms with Gasteiger partial charge in [-0.3, -0.25) is 4.79 Å². The molecule has 5 nitrogen and oxygen atoms in total. The molecular formula is C31H31F4N3O2. The fourth-order valence-electron chi connectivity index (χ4n) is 5.56. The van der Waals surface area contributed by atoms with Crippen molar-refractivity contribution in [2.24, 2.45) is 5.92 Å². The highest BCUT2D eigenvalue weighted by Crippen LogP contribution is 2.35. The third-order valence-corrected chi connectivity index (χ3v) is 7.42. The zero-order chi connectivity index (χ0) is 28.6. The molecule has 9 heteroatoms. The Morgan fingerprint density at radius 2 is 1.65 bits per heavy atom. The van der Waals surface area contributed by atoms with E-state index in [0.717, 1.165) is 34.3 Å². The second-order valence-electron chi connectivity index (χ2n) is 10.6. The number of likely N-dealkylation sites (N-methyl/N-ethyl adjacent to an activating group) is 1. The lowest BCUT2D eigenvalue weighted by Gasteiger charge is -2.32. The summed E-state index contributed by atoms with van der Waals surface area (Å²) in [6.07, 6.45) is 2.34. The van der Waals surface area contributed by atoms with E-state index in [9.17, 15) is 22.4 Å². The van der Waals surface area contributed by atoms with Gasteiger partial charge in [0.15, 0.2) is 0 Å². The Kier molecular flexibility index (Phi) is 7.85. The number of hydrogen-bond acceptors (Lipinski definition) is 3. The Balaban J connectivity index is 1.51. The molecule has 2 atom stereocenters. The zero-order valence-corrected chi connectivity index (χ0v) is 22.6. The third-order valence-electron chi connectivity index (χ3n) is 7.42. The number of rotatable bonds is 7. The quantitative estimate of drug-likeness (QED) is 0.287. The summed E-state index contributed by atoms with van der Waals surface area (Å²) in [7, 11) is 1.88. The Bertz CT molecular complexity index is 1550. The van der Waals surface area contributed by atoms with Crippen LogP contribution < -0.4 is 10.2 Å². The Labute approximate surface area is 230 Å². The minimum Gasteiger partial charge on any atom is -0.375 e. The molecule has 1 aliphatic heterocycles.